The number of benzene rings is 1. The fourth-order valence-electron chi connectivity index (χ4n) is 3.47. The zero-order valence-corrected chi connectivity index (χ0v) is 14.6. The summed E-state index contributed by atoms with van der Waals surface area (Å²) < 4.78 is 30.4. The van der Waals surface area contributed by atoms with Gasteiger partial charge in [-0.2, -0.15) is 8.78 Å². The standard InChI is InChI=1S/C16H18ClF2NO3S/c1-20-9-2-3-10(20)7-12(6-9)24-14-5-4-11(8-13(14)17)23-16(18,19)15(21)22/h4-5,8-10,12H,2-3,6-7H2,1H3,(H,21,22)/t9-,10+,12-. The normalized spacial score (nSPS) is 27.2. The van der Waals surface area contributed by atoms with Gasteiger partial charge in [0.15, 0.2) is 0 Å². The van der Waals surface area contributed by atoms with Crippen molar-refractivity contribution >= 4 is 29.3 Å². The highest BCUT2D eigenvalue weighted by atomic mass is 35.5. The molecule has 0 radical (unpaired) electrons. The van der Waals surface area contributed by atoms with Crippen LogP contribution in [0.2, 0.25) is 5.02 Å². The Balaban J connectivity index is 1.66. The molecule has 24 heavy (non-hydrogen) atoms. The first-order chi connectivity index (χ1) is 11.3. The maximum atomic E-state index is 13.1. The molecule has 3 atom stereocenters. The Labute approximate surface area is 148 Å². The Bertz CT molecular complexity index is 632. The van der Waals surface area contributed by atoms with Crippen LogP contribution in [0.15, 0.2) is 23.1 Å². The summed E-state index contributed by atoms with van der Waals surface area (Å²) in [6, 6.07) is 5.40. The van der Waals surface area contributed by atoms with Gasteiger partial charge in [0.05, 0.1) is 5.02 Å². The summed E-state index contributed by atoms with van der Waals surface area (Å²) in [6.07, 6.45) is 0.351. The molecule has 0 unspecified atom stereocenters. The van der Waals surface area contributed by atoms with Gasteiger partial charge in [-0.05, 0) is 44.9 Å². The molecular weight excluding hydrogens is 360 g/mol. The molecule has 0 spiro atoms. The average molecular weight is 378 g/mol. The van der Waals surface area contributed by atoms with Crippen LogP contribution in [0.5, 0.6) is 5.75 Å². The molecule has 2 bridgehead atoms. The van der Waals surface area contributed by atoms with E-state index in [0.717, 1.165) is 17.7 Å². The van der Waals surface area contributed by atoms with Crippen molar-refractivity contribution in [1.29, 1.82) is 0 Å². The van der Waals surface area contributed by atoms with E-state index in [2.05, 4.69) is 16.7 Å². The van der Waals surface area contributed by atoms with Gasteiger partial charge in [0, 0.05) is 28.3 Å². The molecular formula is C16H18ClF2NO3S. The number of nitrogens with zero attached hydrogens (tertiary/aromatic N) is 1. The number of piperidine rings is 1. The van der Waals surface area contributed by atoms with E-state index in [1.54, 1.807) is 17.8 Å². The fourth-order valence-corrected chi connectivity index (χ4v) is 5.09. The van der Waals surface area contributed by atoms with Crippen LogP contribution < -0.4 is 4.74 Å². The Morgan fingerprint density at radius 1 is 1.38 bits per heavy atom. The number of carboxylic acid groups (broad SMARTS) is 1. The number of aliphatic carboxylic acids is 1. The first-order valence-corrected chi connectivity index (χ1v) is 9.00. The van der Waals surface area contributed by atoms with Crippen molar-refractivity contribution in [3.05, 3.63) is 23.2 Å². The topological polar surface area (TPSA) is 49.8 Å². The molecule has 3 rings (SSSR count). The van der Waals surface area contributed by atoms with Crippen molar-refractivity contribution in [2.24, 2.45) is 0 Å². The monoisotopic (exact) mass is 377 g/mol. The molecule has 2 aliphatic rings. The van der Waals surface area contributed by atoms with Gasteiger partial charge in [-0.1, -0.05) is 11.6 Å². The van der Waals surface area contributed by atoms with Gasteiger partial charge in [0.2, 0.25) is 0 Å². The SMILES string of the molecule is CN1[C@@H]2CC[C@H]1C[C@H](Sc1ccc(OC(F)(F)C(=O)O)cc1Cl)C2. The number of halogens is 3. The Kier molecular flexibility index (Phi) is 4.95. The lowest BCUT2D eigenvalue weighted by Gasteiger charge is -2.36. The van der Waals surface area contributed by atoms with E-state index in [4.69, 9.17) is 16.7 Å². The lowest BCUT2D eigenvalue weighted by Crippen LogP contribution is -2.40. The summed E-state index contributed by atoms with van der Waals surface area (Å²) in [5.74, 6) is -2.60. The third-order valence-electron chi connectivity index (χ3n) is 4.75. The van der Waals surface area contributed by atoms with E-state index >= 15 is 0 Å². The summed E-state index contributed by atoms with van der Waals surface area (Å²) in [4.78, 5) is 13.7. The van der Waals surface area contributed by atoms with Crippen molar-refractivity contribution in [2.75, 3.05) is 7.05 Å². The molecule has 132 valence electrons. The van der Waals surface area contributed by atoms with Crippen molar-refractivity contribution in [1.82, 2.24) is 4.90 Å². The fraction of sp³-hybridized carbons (Fsp3) is 0.562. The predicted octanol–water partition coefficient (Wildman–Crippen LogP) is 4.11. The van der Waals surface area contributed by atoms with Crippen LogP contribution in [0.4, 0.5) is 8.78 Å². The Morgan fingerprint density at radius 2 is 2.00 bits per heavy atom. The minimum absolute atomic E-state index is 0.264. The highest BCUT2D eigenvalue weighted by molar-refractivity contribution is 8.00. The highest BCUT2D eigenvalue weighted by Crippen LogP contribution is 2.43. The van der Waals surface area contributed by atoms with Crippen LogP contribution in [0.25, 0.3) is 0 Å². The van der Waals surface area contributed by atoms with Gasteiger partial charge in [-0.25, -0.2) is 4.79 Å². The van der Waals surface area contributed by atoms with Crippen LogP contribution in [0.1, 0.15) is 25.7 Å². The first-order valence-electron chi connectivity index (χ1n) is 7.74. The van der Waals surface area contributed by atoms with Gasteiger partial charge in [0.1, 0.15) is 5.75 Å². The second-order valence-corrected chi connectivity index (χ2v) is 8.03. The molecule has 1 aromatic carbocycles. The van der Waals surface area contributed by atoms with Crippen molar-refractivity contribution in [2.45, 2.75) is 54.0 Å². The van der Waals surface area contributed by atoms with Crippen LogP contribution in [0, 0.1) is 0 Å². The minimum atomic E-state index is -4.27. The Hall–Kier alpha value is -1.05. The third-order valence-corrected chi connectivity index (χ3v) is 6.50. The molecule has 0 aromatic heterocycles. The molecule has 8 heteroatoms. The first kappa shape index (κ1) is 17.8. The summed E-state index contributed by atoms with van der Waals surface area (Å²) in [6.45, 7) is 0. The highest BCUT2D eigenvalue weighted by Gasteiger charge is 2.42. The van der Waals surface area contributed by atoms with Crippen molar-refractivity contribution < 1.29 is 23.4 Å². The number of carbonyl (C=O) groups is 1. The van der Waals surface area contributed by atoms with Gasteiger partial charge >= 0.3 is 12.1 Å². The van der Waals surface area contributed by atoms with Gasteiger partial charge in [-0.3, -0.25) is 0 Å². The summed E-state index contributed by atoms with van der Waals surface area (Å²) in [5.41, 5.74) is 0. The second kappa shape index (κ2) is 6.69. The van der Waals surface area contributed by atoms with Gasteiger partial charge in [-0.15, -0.1) is 11.8 Å². The van der Waals surface area contributed by atoms with Crippen LogP contribution in [-0.4, -0.2) is 46.5 Å². The molecule has 1 N–H and O–H groups in total. The summed E-state index contributed by atoms with van der Waals surface area (Å²) in [5, 5.41) is 9.15. The largest absolute Gasteiger partial charge is 0.501 e. The molecule has 4 nitrogen and oxygen atoms in total. The van der Waals surface area contributed by atoms with Crippen LogP contribution >= 0.6 is 23.4 Å². The summed E-state index contributed by atoms with van der Waals surface area (Å²) >= 11 is 7.83. The number of carboxylic acids is 1. The molecule has 1 aromatic rings. The quantitative estimate of drug-likeness (QED) is 0.836. The average Bonchev–Trinajstić information content (AvgIpc) is 2.72. The van der Waals surface area contributed by atoms with E-state index in [1.165, 1.54) is 25.0 Å². The second-order valence-electron chi connectivity index (χ2n) is 6.28. The van der Waals surface area contributed by atoms with Gasteiger partial charge in [0.25, 0.3) is 0 Å². The molecule has 2 saturated heterocycles. The lowest BCUT2D eigenvalue weighted by atomic mass is 10.0. The number of hydrogen-bond acceptors (Lipinski definition) is 4. The number of alkyl halides is 2. The lowest BCUT2D eigenvalue weighted by molar-refractivity contribution is -0.210. The minimum Gasteiger partial charge on any atom is -0.474 e. The zero-order valence-electron chi connectivity index (χ0n) is 13.0. The maximum Gasteiger partial charge on any atom is 0.501 e. The number of hydrogen-bond donors (Lipinski definition) is 1. The third kappa shape index (κ3) is 3.63. The number of fused-ring (bicyclic) bond motifs is 2. The predicted molar refractivity (Wildman–Crippen MR) is 88.1 cm³/mol. The molecule has 0 saturated carbocycles. The number of rotatable bonds is 5. The number of ether oxygens (including phenoxy) is 1. The number of thioether (sulfide) groups is 1. The summed E-state index contributed by atoms with van der Waals surface area (Å²) in [7, 11) is 2.17. The molecule has 2 heterocycles. The van der Waals surface area contributed by atoms with Crippen molar-refractivity contribution in [3.63, 3.8) is 0 Å². The van der Waals surface area contributed by atoms with Gasteiger partial charge < -0.3 is 14.7 Å². The Morgan fingerprint density at radius 3 is 2.54 bits per heavy atom. The molecule has 0 aliphatic carbocycles. The molecule has 2 fully saturated rings. The van der Waals surface area contributed by atoms with E-state index in [0.29, 0.717) is 22.4 Å². The zero-order chi connectivity index (χ0) is 17.5. The van der Waals surface area contributed by atoms with E-state index in [1.807, 2.05) is 0 Å². The van der Waals surface area contributed by atoms with E-state index in [-0.39, 0.29) is 5.75 Å². The van der Waals surface area contributed by atoms with Crippen LogP contribution in [-0.2, 0) is 4.79 Å². The maximum absolute atomic E-state index is 13.1. The van der Waals surface area contributed by atoms with Crippen LogP contribution in [0.3, 0.4) is 0 Å². The molecule has 2 aliphatic heterocycles. The smallest absolute Gasteiger partial charge is 0.474 e. The van der Waals surface area contributed by atoms with E-state index in [9.17, 15) is 13.6 Å². The molecule has 0 amide bonds. The van der Waals surface area contributed by atoms with E-state index < -0.39 is 12.1 Å². The van der Waals surface area contributed by atoms with Crippen molar-refractivity contribution in [3.8, 4) is 5.75 Å².